The van der Waals surface area contributed by atoms with E-state index in [2.05, 4.69) is 4.98 Å². The van der Waals surface area contributed by atoms with Gasteiger partial charge in [0.15, 0.2) is 0 Å². The number of carbonyl (C=O) groups is 2. The van der Waals surface area contributed by atoms with Crippen molar-refractivity contribution >= 4 is 40.6 Å². The minimum atomic E-state index is -0.649. The second-order valence-corrected chi connectivity index (χ2v) is 11.1. The average Bonchev–Trinajstić information content (AvgIpc) is 3.38. The summed E-state index contributed by atoms with van der Waals surface area (Å²) >= 11 is 2.38. The van der Waals surface area contributed by atoms with E-state index in [-0.39, 0.29) is 16.7 Å². The molecule has 2 aliphatic rings. The summed E-state index contributed by atoms with van der Waals surface area (Å²) in [6, 6.07) is 24.8. The standard InChI is InChI=1S/C28H22N2O4S2/c1-16-11-13-18(14-12-16)30-26(31)22-21(23-25(29-28(33)36-23)35-24(22)27(30)32)19-9-5-6-10-20(19)34-15-17-7-3-2-4-8-17/h2-14,21-22,24H,15H2,1H3,(H,29,33)/t21-,22?,24?/m1/s1. The van der Waals surface area contributed by atoms with Crippen LogP contribution in [-0.4, -0.2) is 22.0 Å². The topological polar surface area (TPSA) is 79.5 Å². The lowest BCUT2D eigenvalue weighted by Gasteiger charge is -2.30. The molecule has 3 atom stereocenters. The first-order valence-corrected chi connectivity index (χ1v) is 13.3. The van der Waals surface area contributed by atoms with Crippen molar-refractivity contribution in [3.05, 3.63) is 110 Å². The smallest absolute Gasteiger partial charge is 0.305 e. The number of imide groups is 1. The molecule has 0 aliphatic carbocycles. The van der Waals surface area contributed by atoms with Crippen LogP contribution in [0.5, 0.6) is 5.75 Å². The Morgan fingerprint density at radius 1 is 0.889 bits per heavy atom. The number of benzene rings is 3. The number of thioether (sulfide) groups is 1. The molecular formula is C28H22N2O4S2. The van der Waals surface area contributed by atoms with Gasteiger partial charge in [0.1, 0.15) is 17.6 Å². The molecule has 4 aromatic rings. The molecule has 2 amide bonds. The van der Waals surface area contributed by atoms with Gasteiger partial charge in [-0.2, -0.15) is 0 Å². The summed E-state index contributed by atoms with van der Waals surface area (Å²) in [5.41, 5.74) is 3.43. The number of rotatable bonds is 5. The van der Waals surface area contributed by atoms with Crippen LogP contribution in [0, 0.1) is 12.8 Å². The van der Waals surface area contributed by atoms with Gasteiger partial charge in [0.05, 0.1) is 16.6 Å². The Labute approximate surface area is 215 Å². The van der Waals surface area contributed by atoms with Gasteiger partial charge in [0, 0.05) is 16.4 Å². The number of carbonyl (C=O) groups excluding carboxylic acids is 2. The number of para-hydroxylation sites is 1. The highest BCUT2D eigenvalue weighted by Crippen LogP contribution is 2.54. The Morgan fingerprint density at radius 3 is 2.39 bits per heavy atom. The summed E-state index contributed by atoms with van der Waals surface area (Å²) in [7, 11) is 0. The zero-order valence-electron chi connectivity index (χ0n) is 19.3. The van der Waals surface area contributed by atoms with E-state index in [1.165, 1.54) is 16.7 Å². The van der Waals surface area contributed by atoms with Crippen molar-refractivity contribution in [3.63, 3.8) is 0 Å². The molecule has 2 unspecified atom stereocenters. The van der Waals surface area contributed by atoms with Crippen LogP contribution in [0.2, 0.25) is 0 Å². The maximum absolute atomic E-state index is 13.9. The van der Waals surface area contributed by atoms with Crippen molar-refractivity contribution in [2.45, 2.75) is 29.7 Å². The number of H-pyrrole nitrogens is 1. The molecule has 0 radical (unpaired) electrons. The van der Waals surface area contributed by atoms with Crippen LogP contribution in [0.25, 0.3) is 0 Å². The van der Waals surface area contributed by atoms with Crippen LogP contribution in [0.4, 0.5) is 5.69 Å². The second-order valence-electron chi connectivity index (χ2n) is 8.91. The highest BCUT2D eigenvalue weighted by molar-refractivity contribution is 8.00. The van der Waals surface area contributed by atoms with E-state index in [1.54, 1.807) is 12.1 Å². The molecule has 6 rings (SSSR count). The number of fused-ring (bicyclic) bond motifs is 2. The zero-order valence-corrected chi connectivity index (χ0v) is 21.0. The number of nitrogens with one attached hydrogen (secondary N) is 1. The number of aromatic nitrogens is 1. The fourth-order valence-electron chi connectivity index (χ4n) is 4.90. The summed E-state index contributed by atoms with van der Waals surface area (Å²) in [5, 5.41) is 0.0183. The third kappa shape index (κ3) is 3.86. The molecule has 6 nitrogen and oxygen atoms in total. The van der Waals surface area contributed by atoms with Gasteiger partial charge in [-0.3, -0.25) is 14.4 Å². The minimum absolute atomic E-state index is 0.199. The monoisotopic (exact) mass is 514 g/mol. The first-order valence-electron chi connectivity index (χ1n) is 11.6. The number of aromatic amines is 1. The van der Waals surface area contributed by atoms with Crippen LogP contribution in [0.1, 0.15) is 27.5 Å². The van der Waals surface area contributed by atoms with Crippen LogP contribution < -0.4 is 14.5 Å². The Morgan fingerprint density at radius 2 is 1.61 bits per heavy atom. The van der Waals surface area contributed by atoms with E-state index in [4.69, 9.17) is 4.74 Å². The minimum Gasteiger partial charge on any atom is -0.489 e. The summed E-state index contributed by atoms with van der Waals surface area (Å²) in [4.78, 5) is 44.6. The lowest BCUT2D eigenvalue weighted by molar-refractivity contribution is -0.122. The van der Waals surface area contributed by atoms with Crippen molar-refractivity contribution in [1.29, 1.82) is 0 Å². The average molecular weight is 515 g/mol. The van der Waals surface area contributed by atoms with E-state index < -0.39 is 17.1 Å². The van der Waals surface area contributed by atoms with Crippen LogP contribution in [0.3, 0.4) is 0 Å². The number of anilines is 1. The molecule has 36 heavy (non-hydrogen) atoms. The first-order chi connectivity index (χ1) is 17.5. The van der Waals surface area contributed by atoms with E-state index >= 15 is 0 Å². The summed E-state index contributed by atoms with van der Waals surface area (Å²) in [6.07, 6.45) is 0. The molecule has 0 saturated carbocycles. The Bertz CT molecular complexity index is 1510. The van der Waals surface area contributed by atoms with Gasteiger partial charge in [-0.25, -0.2) is 4.90 Å². The summed E-state index contributed by atoms with van der Waals surface area (Å²) < 4.78 is 6.23. The molecule has 0 spiro atoms. The van der Waals surface area contributed by atoms with E-state index in [1.807, 2.05) is 73.7 Å². The van der Waals surface area contributed by atoms with Gasteiger partial charge in [-0.15, -0.1) is 0 Å². The molecule has 3 aromatic carbocycles. The van der Waals surface area contributed by atoms with Gasteiger partial charge in [-0.1, -0.05) is 89.3 Å². The quantitative estimate of drug-likeness (QED) is 0.374. The van der Waals surface area contributed by atoms with Crippen molar-refractivity contribution in [2.24, 2.45) is 5.92 Å². The van der Waals surface area contributed by atoms with Gasteiger partial charge in [-0.05, 0) is 30.7 Å². The molecule has 0 bridgehead atoms. The van der Waals surface area contributed by atoms with Crippen molar-refractivity contribution in [2.75, 3.05) is 4.90 Å². The second kappa shape index (κ2) is 9.11. The predicted octanol–water partition coefficient (Wildman–Crippen LogP) is 5.12. The normalized spacial score (nSPS) is 20.8. The first kappa shape index (κ1) is 22.8. The summed E-state index contributed by atoms with van der Waals surface area (Å²) in [6.45, 7) is 2.33. The van der Waals surface area contributed by atoms with Crippen molar-refractivity contribution < 1.29 is 14.3 Å². The van der Waals surface area contributed by atoms with Crippen molar-refractivity contribution in [1.82, 2.24) is 4.98 Å². The van der Waals surface area contributed by atoms with E-state index in [0.717, 1.165) is 32.9 Å². The van der Waals surface area contributed by atoms with Gasteiger partial charge in [0.2, 0.25) is 11.8 Å². The maximum atomic E-state index is 13.9. The van der Waals surface area contributed by atoms with Crippen LogP contribution in [0.15, 0.2) is 88.7 Å². The zero-order chi connectivity index (χ0) is 24.8. The number of ether oxygens (including phenoxy) is 1. The SMILES string of the molecule is Cc1ccc(N2C(=O)C3Sc4[nH]c(=O)sc4[C@H](c4ccccc4OCc4ccccc4)C3C2=O)cc1. The largest absolute Gasteiger partial charge is 0.489 e. The number of thiazole rings is 1. The third-order valence-electron chi connectivity index (χ3n) is 6.61. The highest BCUT2D eigenvalue weighted by atomic mass is 32.2. The Kier molecular flexibility index (Phi) is 5.78. The number of amides is 2. The Hall–Kier alpha value is -3.62. The molecule has 1 saturated heterocycles. The fraction of sp³-hybridized carbons (Fsp3) is 0.179. The highest BCUT2D eigenvalue weighted by Gasteiger charge is 2.56. The van der Waals surface area contributed by atoms with Gasteiger partial charge in [0.25, 0.3) is 0 Å². The molecule has 180 valence electrons. The number of hydrogen-bond donors (Lipinski definition) is 1. The van der Waals surface area contributed by atoms with Crippen LogP contribution in [-0.2, 0) is 16.2 Å². The van der Waals surface area contributed by atoms with E-state index in [0.29, 0.717) is 23.1 Å². The molecule has 1 fully saturated rings. The van der Waals surface area contributed by atoms with Crippen molar-refractivity contribution in [3.8, 4) is 5.75 Å². The van der Waals surface area contributed by atoms with Gasteiger partial charge < -0.3 is 9.72 Å². The Balaban J connectivity index is 1.43. The molecule has 1 N–H and O–H groups in total. The number of aryl methyl sites for hydroxylation is 1. The van der Waals surface area contributed by atoms with Gasteiger partial charge >= 0.3 is 4.87 Å². The van der Waals surface area contributed by atoms with E-state index in [9.17, 15) is 14.4 Å². The molecule has 1 aromatic heterocycles. The van der Waals surface area contributed by atoms with Crippen LogP contribution >= 0.6 is 23.1 Å². The third-order valence-corrected chi connectivity index (χ3v) is 9.01. The lowest BCUT2D eigenvalue weighted by atomic mass is 9.82. The molecule has 2 aliphatic heterocycles. The predicted molar refractivity (Wildman–Crippen MR) is 141 cm³/mol. The molecular weight excluding hydrogens is 492 g/mol. The molecule has 8 heteroatoms. The number of nitrogens with zero attached hydrogens (tertiary/aromatic N) is 1. The maximum Gasteiger partial charge on any atom is 0.305 e. The molecule has 3 heterocycles. The summed E-state index contributed by atoms with van der Waals surface area (Å²) in [5.74, 6) is -1.00. The fourth-order valence-corrected chi connectivity index (χ4v) is 7.41. The lowest BCUT2D eigenvalue weighted by Crippen LogP contribution is -2.32. The number of hydrogen-bond acceptors (Lipinski definition) is 6.